The van der Waals surface area contributed by atoms with Gasteiger partial charge in [0.1, 0.15) is 0 Å². The average Bonchev–Trinajstić information content (AvgIpc) is 2.38. The van der Waals surface area contributed by atoms with E-state index in [0.717, 1.165) is 32.2 Å². The van der Waals surface area contributed by atoms with Crippen LogP contribution in [0, 0.1) is 5.92 Å². The average molecular weight is 242 g/mol. The Morgan fingerprint density at radius 3 is 2.59 bits per heavy atom. The molecule has 1 rings (SSSR count). The Morgan fingerprint density at radius 1 is 1.18 bits per heavy atom. The minimum absolute atomic E-state index is 0.895. The molecule has 1 heterocycles. The minimum Gasteiger partial charge on any atom is -0.380 e. The summed E-state index contributed by atoms with van der Waals surface area (Å²) >= 11 is 0. The fourth-order valence-electron chi connectivity index (χ4n) is 2.35. The maximum Gasteiger partial charge on any atom is 0.0593 e. The summed E-state index contributed by atoms with van der Waals surface area (Å²) in [7, 11) is 0. The van der Waals surface area contributed by atoms with Crippen LogP contribution in [0.3, 0.4) is 0 Å². The molecule has 1 saturated heterocycles. The molecule has 0 bridgehead atoms. The monoisotopic (exact) mass is 242 g/mol. The van der Waals surface area contributed by atoms with E-state index in [1.807, 2.05) is 0 Å². The SMILES string of the molecule is CCCCOCCN(CC)CC1CCNCC1. The molecule has 0 radical (unpaired) electrons. The molecule has 17 heavy (non-hydrogen) atoms. The molecule has 3 heteroatoms. The maximum absolute atomic E-state index is 5.64. The van der Waals surface area contributed by atoms with Crippen molar-refractivity contribution < 1.29 is 4.74 Å². The Kier molecular flexibility index (Phi) is 8.67. The highest BCUT2D eigenvalue weighted by Crippen LogP contribution is 2.13. The summed E-state index contributed by atoms with van der Waals surface area (Å²) in [5.74, 6) is 0.895. The fraction of sp³-hybridized carbons (Fsp3) is 1.00. The van der Waals surface area contributed by atoms with Crippen LogP contribution in [0.2, 0.25) is 0 Å². The second-order valence-corrected chi connectivity index (χ2v) is 5.05. The van der Waals surface area contributed by atoms with E-state index in [9.17, 15) is 0 Å². The van der Waals surface area contributed by atoms with Gasteiger partial charge in [0, 0.05) is 19.7 Å². The molecule has 0 aromatic carbocycles. The normalized spacial score (nSPS) is 17.8. The second kappa shape index (κ2) is 9.86. The molecule has 0 atom stereocenters. The number of ether oxygens (including phenoxy) is 1. The number of unbranched alkanes of at least 4 members (excludes halogenated alkanes) is 1. The van der Waals surface area contributed by atoms with Crippen LogP contribution in [-0.2, 0) is 4.74 Å². The van der Waals surface area contributed by atoms with Gasteiger partial charge in [-0.15, -0.1) is 0 Å². The Bertz CT molecular complexity index is 170. The quantitative estimate of drug-likeness (QED) is 0.627. The van der Waals surface area contributed by atoms with Gasteiger partial charge in [-0.05, 0) is 44.8 Å². The van der Waals surface area contributed by atoms with Crippen LogP contribution >= 0.6 is 0 Å². The predicted octanol–water partition coefficient (Wildman–Crippen LogP) is 2.12. The second-order valence-electron chi connectivity index (χ2n) is 5.05. The number of piperidine rings is 1. The van der Waals surface area contributed by atoms with E-state index in [4.69, 9.17) is 4.74 Å². The topological polar surface area (TPSA) is 24.5 Å². The van der Waals surface area contributed by atoms with Crippen molar-refractivity contribution in [2.45, 2.75) is 39.5 Å². The largest absolute Gasteiger partial charge is 0.380 e. The van der Waals surface area contributed by atoms with Gasteiger partial charge in [-0.1, -0.05) is 20.3 Å². The van der Waals surface area contributed by atoms with Crippen LogP contribution in [0.15, 0.2) is 0 Å². The van der Waals surface area contributed by atoms with E-state index >= 15 is 0 Å². The summed E-state index contributed by atoms with van der Waals surface area (Å²) in [6.45, 7) is 12.2. The number of hydrogen-bond donors (Lipinski definition) is 1. The molecule has 1 fully saturated rings. The predicted molar refractivity (Wildman–Crippen MR) is 73.4 cm³/mol. The maximum atomic E-state index is 5.64. The van der Waals surface area contributed by atoms with Crippen molar-refractivity contribution in [2.75, 3.05) is 45.9 Å². The number of nitrogens with one attached hydrogen (secondary N) is 1. The van der Waals surface area contributed by atoms with Gasteiger partial charge in [0.15, 0.2) is 0 Å². The third kappa shape index (κ3) is 7.02. The molecule has 1 aliphatic rings. The third-order valence-electron chi connectivity index (χ3n) is 3.62. The van der Waals surface area contributed by atoms with Crippen LogP contribution in [-0.4, -0.2) is 50.8 Å². The molecular formula is C14H30N2O. The third-order valence-corrected chi connectivity index (χ3v) is 3.62. The van der Waals surface area contributed by atoms with Crippen LogP contribution in [0.5, 0.6) is 0 Å². The zero-order valence-electron chi connectivity index (χ0n) is 11.7. The van der Waals surface area contributed by atoms with Crippen LogP contribution in [0.4, 0.5) is 0 Å². The standard InChI is InChI=1S/C14H30N2O/c1-3-5-11-17-12-10-16(4-2)13-14-6-8-15-9-7-14/h14-15H,3-13H2,1-2H3. The molecule has 1 N–H and O–H groups in total. The molecule has 0 aromatic rings. The van der Waals surface area contributed by atoms with Gasteiger partial charge in [0.2, 0.25) is 0 Å². The molecule has 0 saturated carbocycles. The van der Waals surface area contributed by atoms with Gasteiger partial charge in [0.25, 0.3) is 0 Å². The highest BCUT2D eigenvalue weighted by Gasteiger charge is 2.15. The molecule has 0 amide bonds. The molecule has 0 unspecified atom stereocenters. The molecule has 3 nitrogen and oxygen atoms in total. The van der Waals surface area contributed by atoms with Gasteiger partial charge in [-0.3, -0.25) is 0 Å². The molecule has 1 aliphatic heterocycles. The smallest absolute Gasteiger partial charge is 0.0593 e. The number of nitrogens with zero attached hydrogens (tertiary/aromatic N) is 1. The summed E-state index contributed by atoms with van der Waals surface area (Å²) in [5.41, 5.74) is 0. The van der Waals surface area contributed by atoms with E-state index < -0.39 is 0 Å². The van der Waals surface area contributed by atoms with Crippen LogP contribution in [0.1, 0.15) is 39.5 Å². The van der Waals surface area contributed by atoms with Gasteiger partial charge >= 0.3 is 0 Å². The van der Waals surface area contributed by atoms with E-state index in [2.05, 4.69) is 24.1 Å². The lowest BCUT2D eigenvalue weighted by Crippen LogP contribution is -2.37. The fourth-order valence-corrected chi connectivity index (χ4v) is 2.35. The van der Waals surface area contributed by atoms with Crippen LogP contribution < -0.4 is 5.32 Å². The van der Waals surface area contributed by atoms with E-state index in [1.165, 1.54) is 45.3 Å². The molecule has 102 valence electrons. The lowest BCUT2D eigenvalue weighted by Gasteiger charge is -2.29. The molecular weight excluding hydrogens is 212 g/mol. The first-order valence-corrected chi connectivity index (χ1v) is 7.37. The van der Waals surface area contributed by atoms with Crippen molar-refractivity contribution in [2.24, 2.45) is 5.92 Å². The highest BCUT2D eigenvalue weighted by atomic mass is 16.5. The van der Waals surface area contributed by atoms with Gasteiger partial charge in [0.05, 0.1) is 6.61 Å². The number of rotatable bonds is 9. The van der Waals surface area contributed by atoms with Crippen molar-refractivity contribution in [3.8, 4) is 0 Å². The summed E-state index contributed by atoms with van der Waals surface area (Å²) < 4.78 is 5.64. The summed E-state index contributed by atoms with van der Waals surface area (Å²) in [6, 6.07) is 0. The zero-order valence-corrected chi connectivity index (χ0v) is 11.7. The van der Waals surface area contributed by atoms with E-state index in [0.29, 0.717) is 0 Å². The van der Waals surface area contributed by atoms with Gasteiger partial charge in [-0.25, -0.2) is 0 Å². The summed E-state index contributed by atoms with van der Waals surface area (Å²) in [6.07, 6.45) is 5.10. The van der Waals surface area contributed by atoms with E-state index in [-0.39, 0.29) is 0 Å². The zero-order chi connectivity index (χ0) is 12.3. The van der Waals surface area contributed by atoms with Crippen molar-refractivity contribution in [1.82, 2.24) is 10.2 Å². The molecule has 0 spiro atoms. The first-order chi connectivity index (χ1) is 8.36. The molecule has 0 aromatic heterocycles. The number of likely N-dealkylation sites (N-methyl/N-ethyl adjacent to an activating group) is 1. The Hall–Kier alpha value is -0.120. The van der Waals surface area contributed by atoms with Gasteiger partial charge < -0.3 is 15.0 Å². The highest BCUT2D eigenvalue weighted by molar-refractivity contribution is 4.72. The first-order valence-electron chi connectivity index (χ1n) is 7.37. The van der Waals surface area contributed by atoms with Crippen molar-refractivity contribution in [1.29, 1.82) is 0 Å². The van der Waals surface area contributed by atoms with Crippen molar-refractivity contribution >= 4 is 0 Å². The summed E-state index contributed by atoms with van der Waals surface area (Å²) in [5, 5.41) is 3.43. The summed E-state index contributed by atoms with van der Waals surface area (Å²) in [4.78, 5) is 2.54. The van der Waals surface area contributed by atoms with Crippen molar-refractivity contribution in [3.05, 3.63) is 0 Å². The number of hydrogen-bond acceptors (Lipinski definition) is 3. The minimum atomic E-state index is 0.895. The first kappa shape index (κ1) is 14.9. The van der Waals surface area contributed by atoms with Crippen molar-refractivity contribution in [3.63, 3.8) is 0 Å². The van der Waals surface area contributed by atoms with E-state index in [1.54, 1.807) is 0 Å². The van der Waals surface area contributed by atoms with Gasteiger partial charge in [-0.2, -0.15) is 0 Å². The lowest BCUT2D eigenvalue weighted by molar-refractivity contribution is 0.0949. The Morgan fingerprint density at radius 2 is 1.94 bits per heavy atom. The lowest BCUT2D eigenvalue weighted by atomic mass is 9.97. The Labute approximate surface area is 107 Å². The van der Waals surface area contributed by atoms with Crippen LogP contribution in [0.25, 0.3) is 0 Å². The Balaban J connectivity index is 2.05. The molecule has 0 aliphatic carbocycles.